The number of fused-ring (bicyclic) bond motifs is 3. The molecule has 0 atom stereocenters. The average Bonchev–Trinajstić information content (AvgIpc) is 2.87. The Bertz CT molecular complexity index is 1610. The Hall–Kier alpha value is -4.18. The summed E-state index contributed by atoms with van der Waals surface area (Å²) in [4.78, 5) is 12.2. The third kappa shape index (κ3) is 6.69. The quantitative estimate of drug-likeness (QED) is 0.238. The van der Waals surface area contributed by atoms with Crippen LogP contribution in [0.1, 0.15) is 33.4 Å². The molecule has 0 aliphatic carbocycles. The van der Waals surface area contributed by atoms with Crippen molar-refractivity contribution in [2.24, 2.45) is 0 Å². The molecular weight excluding hydrogens is 513 g/mol. The van der Waals surface area contributed by atoms with Gasteiger partial charge in [0.05, 0.1) is 16.6 Å². The van der Waals surface area contributed by atoms with Crippen LogP contribution in [0.3, 0.4) is 0 Å². The zero-order valence-corrected chi connectivity index (χ0v) is 24.7. The fourth-order valence-corrected chi connectivity index (χ4v) is 4.48. The molecule has 0 spiro atoms. The molecular formula is C33H30AlN3O3. The summed E-state index contributed by atoms with van der Waals surface area (Å²) in [7, 11) is 0. The van der Waals surface area contributed by atoms with E-state index in [0.29, 0.717) is 16.6 Å². The molecule has 0 fully saturated rings. The van der Waals surface area contributed by atoms with E-state index in [1.807, 2.05) is 77.9 Å². The number of rotatable bonds is 0. The van der Waals surface area contributed by atoms with Gasteiger partial charge in [0.2, 0.25) is 0 Å². The predicted molar refractivity (Wildman–Crippen MR) is 158 cm³/mol. The van der Waals surface area contributed by atoms with Crippen molar-refractivity contribution in [2.45, 2.75) is 41.5 Å². The van der Waals surface area contributed by atoms with Gasteiger partial charge in [0.15, 0.2) is 0 Å². The van der Waals surface area contributed by atoms with E-state index in [1.165, 1.54) is 0 Å². The first-order valence-corrected chi connectivity index (χ1v) is 12.6. The van der Waals surface area contributed by atoms with Gasteiger partial charge in [0, 0.05) is 34.7 Å². The zero-order chi connectivity index (χ0) is 28.3. The van der Waals surface area contributed by atoms with E-state index in [0.717, 1.165) is 49.5 Å². The van der Waals surface area contributed by atoms with Crippen LogP contribution >= 0.6 is 0 Å². The Morgan fingerprint density at radius 1 is 0.425 bits per heavy atom. The fourth-order valence-electron chi connectivity index (χ4n) is 4.48. The minimum atomic E-state index is 0. The van der Waals surface area contributed by atoms with E-state index in [2.05, 4.69) is 15.0 Å². The SMILES string of the molecule is Cc1cc([O-])c2nccc(C)c2c1.Cc1cc([O-])c2nccc(C)c2c1.Cc1cc([O-])c2nccc(C)c2c1.[Al+3]. The van der Waals surface area contributed by atoms with Crippen LogP contribution in [0.25, 0.3) is 32.7 Å². The van der Waals surface area contributed by atoms with Gasteiger partial charge < -0.3 is 15.3 Å². The molecule has 0 N–H and O–H groups in total. The second kappa shape index (κ2) is 12.8. The molecule has 3 aromatic heterocycles. The van der Waals surface area contributed by atoms with Crippen molar-refractivity contribution in [3.63, 3.8) is 0 Å². The van der Waals surface area contributed by atoms with Crippen molar-refractivity contribution in [1.29, 1.82) is 0 Å². The normalized spacial score (nSPS) is 10.3. The summed E-state index contributed by atoms with van der Waals surface area (Å²) < 4.78 is 0. The van der Waals surface area contributed by atoms with Gasteiger partial charge in [-0.05, 0) is 94.6 Å². The number of nitrogens with zero attached hydrogens (tertiary/aromatic N) is 3. The monoisotopic (exact) mass is 543 g/mol. The number of aromatic nitrogens is 3. The first-order chi connectivity index (χ1) is 18.5. The molecule has 0 saturated carbocycles. The fraction of sp³-hybridized carbons (Fsp3) is 0.182. The number of hydrogen-bond donors (Lipinski definition) is 0. The Morgan fingerprint density at radius 3 is 0.925 bits per heavy atom. The maximum Gasteiger partial charge on any atom is 3.00 e. The standard InChI is InChI=1S/3C11H11NO.Al/c3*1-7-5-9-8(2)3-4-12-11(9)10(13)6-7;/h3*3-6,13H,1-2H3;/q;;;+3/p-3. The molecule has 0 amide bonds. The summed E-state index contributed by atoms with van der Waals surface area (Å²) >= 11 is 0. The Morgan fingerprint density at radius 2 is 0.675 bits per heavy atom. The van der Waals surface area contributed by atoms with Gasteiger partial charge in [-0.25, -0.2) is 0 Å². The molecule has 6 aromatic rings. The number of pyridine rings is 3. The topological polar surface area (TPSA) is 108 Å². The van der Waals surface area contributed by atoms with Crippen LogP contribution in [-0.4, -0.2) is 32.3 Å². The number of benzene rings is 3. The molecule has 7 heteroatoms. The maximum absolute atomic E-state index is 11.5. The Balaban J connectivity index is 0.000000163. The largest absolute Gasteiger partial charge is 3.00 e. The van der Waals surface area contributed by atoms with E-state index < -0.39 is 0 Å². The summed E-state index contributed by atoms with van der Waals surface area (Å²) in [5.74, 6) is 0.0381. The molecule has 0 radical (unpaired) electrons. The first-order valence-electron chi connectivity index (χ1n) is 12.6. The van der Waals surface area contributed by atoms with Crippen molar-refractivity contribution >= 4 is 50.1 Å². The molecule has 6 rings (SSSR count). The van der Waals surface area contributed by atoms with Crippen molar-refractivity contribution in [3.8, 4) is 17.2 Å². The Kier molecular flexibility index (Phi) is 9.70. The predicted octanol–water partition coefficient (Wildman–Crippen LogP) is 5.39. The third-order valence-corrected chi connectivity index (χ3v) is 6.52. The van der Waals surface area contributed by atoms with Crippen LogP contribution in [0, 0.1) is 41.5 Å². The van der Waals surface area contributed by atoms with Crippen molar-refractivity contribution < 1.29 is 15.3 Å². The van der Waals surface area contributed by atoms with Crippen LogP contribution in [0.5, 0.6) is 17.2 Å². The average molecular weight is 544 g/mol. The van der Waals surface area contributed by atoms with Gasteiger partial charge in [-0.2, -0.15) is 0 Å². The third-order valence-electron chi connectivity index (χ3n) is 6.52. The molecule has 3 aromatic carbocycles. The van der Waals surface area contributed by atoms with Crippen LogP contribution in [-0.2, 0) is 0 Å². The first kappa shape index (κ1) is 30.4. The molecule has 0 aliphatic heterocycles. The van der Waals surface area contributed by atoms with E-state index >= 15 is 0 Å². The Labute approximate surface area is 245 Å². The van der Waals surface area contributed by atoms with Crippen LogP contribution < -0.4 is 15.3 Å². The van der Waals surface area contributed by atoms with E-state index in [-0.39, 0.29) is 34.6 Å². The van der Waals surface area contributed by atoms with Crippen molar-refractivity contribution in [2.75, 3.05) is 0 Å². The molecule has 3 heterocycles. The van der Waals surface area contributed by atoms with Crippen LogP contribution in [0.15, 0.2) is 73.2 Å². The summed E-state index contributed by atoms with van der Waals surface area (Å²) in [6.45, 7) is 11.7. The van der Waals surface area contributed by atoms with E-state index in [1.54, 1.807) is 36.8 Å². The molecule has 40 heavy (non-hydrogen) atoms. The summed E-state index contributed by atoms with van der Waals surface area (Å²) in [5.41, 5.74) is 8.01. The summed E-state index contributed by atoms with van der Waals surface area (Å²) in [5, 5.41) is 37.4. The smallest absolute Gasteiger partial charge is 0.871 e. The molecule has 0 saturated heterocycles. The van der Waals surface area contributed by atoms with Gasteiger partial charge in [0.1, 0.15) is 0 Å². The van der Waals surface area contributed by atoms with Gasteiger partial charge >= 0.3 is 17.4 Å². The van der Waals surface area contributed by atoms with Gasteiger partial charge in [-0.15, -0.1) is 0 Å². The van der Waals surface area contributed by atoms with E-state index in [9.17, 15) is 15.3 Å². The summed E-state index contributed by atoms with van der Waals surface area (Å²) in [6.07, 6.45) is 5.02. The van der Waals surface area contributed by atoms with Crippen LogP contribution in [0.2, 0.25) is 0 Å². The second-order valence-corrected chi connectivity index (χ2v) is 9.86. The second-order valence-electron chi connectivity index (χ2n) is 9.86. The maximum atomic E-state index is 11.5. The van der Waals surface area contributed by atoms with Crippen LogP contribution in [0.4, 0.5) is 0 Å². The molecule has 198 valence electrons. The minimum Gasteiger partial charge on any atom is -0.871 e. The minimum absolute atomic E-state index is 0. The molecule has 0 unspecified atom stereocenters. The van der Waals surface area contributed by atoms with Crippen molar-refractivity contribution in [1.82, 2.24) is 15.0 Å². The van der Waals surface area contributed by atoms with Gasteiger partial charge in [-0.3, -0.25) is 15.0 Å². The van der Waals surface area contributed by atoms with E-state index in [4.69, 9.17) is 0 Å². The number of aryl methyl sites for hydroxylation is 6. The zero-order valence-electron chi connectivity index (χ0n) is 23.6. The van der Waals surface area contributed by atoms with Gasteiger partial charge in [-0.1, -0.05) is 52.1 Å². The number of hydrogen-bond acceptors (Lipinski definition) is 6. The summed E-state index contributed by atoms with van der Waals surface area (Å²) in [6, 6.07) is 16.6. The van der Waals surface area contributed by atoms with Crippen molar-refractivity contribution in [3.05, 3.63) is 107 Å². The molecule has 6 nitrogen and oxygen atoms in total. The van der Waals surface area contributed by atoms with Gasteiger partial charge in [0.25, 0.3) is 0 Å². The molecule has 0 aliphatic rings. The molecule has 0 bridgehead atoms.